The lowest BCUT2D eigenvalue weighted by Gasteiger charge is -2.29. The maximum atomic E-state index is 13.2. The van der Waals surface area contributed by atoms with Crippen LogP contribution in [0.5, 0.6) is 0 Å². The summed E-state index contributed by atoms with van der Waals surface area (Å²) in [6.07, 6.45) is 3.80. The number of aromatic nitrogens is 3. The van der Waals surface area contributed by atoms with Crippen molar-refractivity contribution in [3.8, 4) is 0 Å². The number of rotatable bonds is 3. The fourth-order valence-corrected chi connectivity index (χ4v) is 2.60. The van der Waals surface area contributed by atoms with Crippen LogP contribution in [0.25, 0.3) is 0 Å². The van der Waals surface area contributed by atoms with Gasteiger partial charge in [-0.3, -0.25) is 0 Å². The van der Waals surface area contributed by atoms with Crippen molar-refractivity contribution >= 4 is 29.1 Å². The Morgan fingerprint density at radius 1 is 1.32 bits per heavy atom. The minimum Gasteiger partial charge on any atom is -0.339 e. The Bertz CT molecular complexity index is 658. The number of benzene rings is 1. The normalized spacial score (nSPS) is 15.9. The quantitative estimate of drug-likeness (QED) is 0.935. The molecule has 1 N–H and O–H groups in total. The van der Waals surface area contributed by atoms with Crippen LogP contribution in [0, 0.1) is 11.7 Å². The average Bonchev–Trinajstić information content (AvgIpc) is 2.52. The topological polar surface area (TPSA) is 53.9 Å². The van der Waals surface area contributed by atoms with Gasteiger partial charge >= 0.3 is 0 Å². The lowest BCUT2D eigenvalue weighted by molar-refractivity contribution is 0.433. The number of nitrogens with one attached hydrogen (secondary N) is 1. The predicted molar refractivity (Wildman–Crippen MR) is 85.1 cm³/mol. The Kier molecular flexibility index (Phi) is 4.38. The van der Waals surface area contributed by atoms with E-state index in [0.717, 1.165) is 31.8 Å². The van der Waals surface area contributed by atoms with Crippen molar-refractivity contribution in [1.29, 1.82) is 0 Å². The molecule has 3 rings (SSSR count). The molecular formula is C15H17ClFN5. The van der Waals surface area contributed by atoms with Crippen molar-refractivity contribution in [3.63, 3.8) is 0 Å². The molecule has 5 nitrogen and oxygen atoms in total. The van der Waals surface area contributed by atoms with Crippen LogP contribution < -0.4 is 10.2 Å². The monoisotopic (exact) mass is 321 g/mol. The van der Waals surface area contributed by atoms with Crippen molar-refractivity contribution in [1.82, 2.24) is 15.2 Å². The van der Waals surface area contributed by atoms with Gasteiger partial charge in [0.1, 0.15) is 5.82 Å². The molecule has 1 aromatic carbocycles. The van der Waals surface area contributed by atoms with Crippen molar-refractivity contribution in [2.45, 2.75) is 19.8 Å². The molecule has 22 heavy (non-hydrogen) atoms. The zero-order valence-corrected chi connectivity index (χ0v) is 13.0. The SMILES string of the molecule is CC1CCN(c2nncc(Nc3ccc(F)c(Cl)c3)n2)CC1. The van der Waals surface area contributed by atoms with Gasteiger partial charge in [-0.15, -0.1) is 5.10 Å². The molecule has 0 amide bonds. The lowest BCUT2D eigenvalue weighted by Crippen LogP contribution is -2.34. The number of piperidine rings is 1. The summed E-state index contributed by atoms with van der Waals surface area (Å²) in [7, 11) is 0. The van der Waals surface area contributed by atoms with Crippen molar-refractivity contribution in [3.05, 3.63) is 35.2 Å². The van der Waals surface area contributed by atoms with Gasteiger partial charge in [-0.2, -0.15) is 10.1 Å². The van der Waals surface area contributed by atoms with Crippen LogP contribution in [-0.4, -0.2) is 28.3 Å². The summed E-state index contributed by atoms with van der Waals surface area (Å²) >= 11 is 5.78. The Morgan fingerprint density at radius 2 is 2.09 bits per heavy atom. The zero-order chi connectivity index (χ0) is 15.5. The third-order valence-corrected chi connectivity index (χ3v) is 4.10. The maximum absolute atomic E-state index is 13.2. The summed E-state index contributed by atoms with van der Waals surface area (Å²) in [6.45, 7) is 4.13. The Morgan fingerprint density at radius 3 is 2.82 bits per heavy atom. The van der Waals surface area contributed by atoms with Gasteiger partial charge in [-0.25, -0.2) is 4.39 Å². The van der Waals surface area contributed by atoms with E-state index in [-0.39, 0.29) is 5.02 Å². The first-order chi connectivity index (χ1) is 10.6. The molecule has 1 aliphatic rings. The van der Waals surface area contributed by atoms with Crippen molar-refractivity contribution < 1.29 is 4.39 Å². The van der Waals surface area contributed by atoms with E-state index < -0.39 is 5.82 Å². The number of anilines is 3. The number of hydrogen-bond acceptors (Lipinski definition) is 5. The van der Waals surface area contributed by atoms with E-state index in [4.69, 9.17) is 11.6 Å². The first-order valence-electron chi connectivity index (χ1n) is 7.28. The van der Waals surface area contributed by atoms with Crippen LogP contribution in [-0.2, 0) is 0 Å². The molecule has 0 radical (unpaired) electrons. The van der Waals surface area contributed by atoms with Crippen LogP contribution in [0.2, 0.25) is 5.02 Å². The Balaban J connectivity index is 1.74. The molecule has 1 saturated heterocycles. The van der Waals surface area contributed by atoms with E-state index in [1.165, 1.54) is 18.3 Å². The van der Waals surface area contributed by atoms with Gasteiger partial charge in [0, 0.05) is 18.8 Å². The molecule has 0 atom stereocenters. The van der Waals surface area contributed by atoms with E-state index in [1.807, 2.05) is 0 Å². The fourth-order valence-electron chi connectivity index (χ4n) is 2.42. The first kappa shape index (κ1) is 15.0. The molecule has 0 saturated carbocycles. The first-order valence-corrected chi connectivity index (χ1v) is 7.66. The van der Waals surface area contributed by atoms with Gasteiger partial charge < -0.3 is 10.2 Å². The summed E-state index contributed by atoms with van der Waals surface area (Å²) in [5, 5.41) is 11.2. The summed E-state index contributed by atoms with van der Waals surface area (Å²) in [6, 6.07) is 4.43. The van der Waals surface area contributed by atoms with E-state index in [2.05, 4.69) is 32.3 Å². The molecule has 1 aromatic heterocycles. The molecule has 0 bridgehead atoms. The van der Waals surface area contributed by atoms with Gasteiger partial charge in [0.15, 0.2) is 5.82 Å². The zero-order valence-electron chi connectivity index (χ0n) is 12.3. The molecule has 1 fully saturated rings. The highest BCUT2D eigenvalue weighted by molar-refractivity contribution is 6.31. The summed E-state index contributed by atoms with van der Waals surface area (Å²) in [4.78, 5) is 6.61. The molecule has 1 aliphatic heterocycles. The smallest absolute Gasteiger partial charge is 0.247 e. The standard InChI is InChI=1S/C15H17ClFN5/c1-10-4-6-22(7-5-10)15-20-14(9-18-21-15)19-11-2-3-13(17)12(16)8-11/h2-3,8-10H,4-7H2,1H3,(H,19,20,21). The highest BCUT2D eigenvalue weighted by atomic mass is 35.5. The second-order valence-corrected chi connectivity index (χ2v) is 5.97. The van der Waals surface area contributed by atoms with Crippen LogP contribution in [0.15, 0.2) is 24.4 Å². The highest BCUT2D eigenvalue weighted by Gasteiger charge is 2.18. The Hall–Kier alpha value is -1.95. The third-order valence-electron chi connectivity index (χ3n) is 3.81. The average molecular weight is 322 g/mol. The summed E-state index contributed by atoms with van der Waals surface area (Å²) in [5.74, 6) is 1.47. The van der Waals surface area contributed by atoms with Crippen molar-refractivity contribution in [2.75, 3.05) is 23.3 Å². The summed E-state index contributed by atoms with van der Waals surface area (Å²) in [5.41, 5.74) is 0.658. The molecule has 0 spiro atoms. The van der Waals surface area contributed by atoms with E-state index >= 15 is 0 Å². The summed E-state index contributed by atoms with van der Waals surface area (Å²) < 4.78 is 13.2. The molecule has 7 heteroatoms. The van der Waals surface area contributed by atoms with Crippen LogP contribution in [0.3, 0.4) is 0 Å². The van der Waals surface area contributed by atoms with Gasteiger partial charge in [-0.1, -0.05) is 18.5 Å². The maximum Gasteiger partial charge on any atom is 0.247 e. The van der Waals surface area contributed by atoms with E-state index in [0.29, 0.717) is 17.5 Å². The predicted octanol–water partition coefficient (Wildman–Crippen LogP) is 3.64. The van der Waals surface area contributed by atoms with Gasteiger partial charge in [-0.05, 0) is 37.0 Å². The molecular weight excluding hydrogens is 305 g/mol. The number of halogens is 2. The number of nitrogens with zero attached hydrogens (tertiary/aromatic N) is 4. The Labute approximate surface area is 133 Å². The fraction of sp³-hybridized carbons (Fsp3) is 0.400. The second kappa shape index (κ2) is 6.44. The molecule has 2 heterocycles. The van der Waals surface area contributed by atoms with Gasteiger partial charge in [0.05, 0.1) is 11.2 Å². The largest absolute Gasteiger partial charge is 0.339 e. The van der Waals surface area contributed by atoms with Gasteiger partial charge in [0.25, 0.3) is 0 Å². The van der Waals surface area contributed by atoms with Crippen LogP contribution in [0.1, 0.15) is 19.8 Å². The second-order valence-electron chi connectivity index (χ2n) is 5.57. The van der Waals surface area contributed by atoms with Crippen LogP contribution in [0.4, 0.5) is 21.8 Å². The molecule has 0 unspecified atom stereocenters. The molecule has 2 aromatic rings. The van der Waals surface area contributed by atoms with Crippen LogP contribution >= 0.6 is 11.6 Å². The number of hydrogen-bond donors (Lipinski definition) is 1. The molecule has 116 valence electrons. The highest BCUT2D eigenvalue weighted by Crippen LogP contribution is 2.23. The third kappa shape index (κ3) is 3.44. The molecule has 0 aliphatic carbocycles. The van der Waals surface area contributed by atoms with Crippen molar-refractivity contribution in [2.24, 2.45) is 5.92 Å². The van der Waals surface area contributed by atoms with Gasteiger partial charge in [0.2, 0.25) is 5.95 Å². The minimum atomic E-state index is -0.448. The lowest BCUT2D eigenvalue weighted by atomic mass is 10.00. The van der Waals surface area contributed by atoms with E-state index in [1.54, 1.807) is 6.07 Å². The minimum absolute atomic E-state index is 0.0669. The van der Waals surface area contributed by atoms with E-state index in [9.17, 15) is 4.39 Å².